The van der Waals surface area contributed by atoms with Gasteiger partial charge in [-0.2, -0.15) is 4.98 Å². The third kappa shape index (κ3) is 1.46. The largest absolute Gasteiger partial charge is 0.366 e. The standard InChI is InChI=1S/C10H12N4/c1-7-4-3-5-8(6-7)9-12-10(11)13-14(9)2/h3-6H,1-2H3,(H2,11,13). The highest BCUT2D eigenvalue weighted by atomic mass is 15.4. The molecule has 4 heteroatoms. The highest BCUT2D eigenvalue weighted by molar-refractivity contribution is 5.57. The van der Waals surface area contributed by atoms with Crippen molar-refractivity contribution in [2.24, 2.45) is 7.05 Å². The van der Waals surface area contributed by atoms with E-state index in [9.17, 15) is 0 Å². The highest BCUT2D eigenvalue weighted by Gasteiger charge is 2.06. The van der Waals surface area contributed by atoms with Crippen molar-refractivity contribution in [3.8, 4) is 11.4 Å². The molecule has 1 aromatic carbocycles. The Hall–Kier alpha value is -1.84. The predicted octanol–water partition coefficient (Wildman–Crippen LogP) is 1.37. The van der Waals surface area contributed by atoms with E-state index in [4.69, 9.17) is 5.73 Å². The average Bonchev–Trinajstić information content (AvgIpc) is 2.45. The molecule has 0 amide bonds. The van der Waals surface area contributed by atoms with Crippen molar-refractivity contribution in [2.75, 3.05) is 5.73 Å². The van der Waals surface area contributed by atoms with Crippen LogP contribution in [-0.2, 0) is 7.05 Å². The number of hydrogen-bond donors (Lipinski definition) is 1. The second-order valence-electron chi connectivity index (χ2n) is 3.29. The summed E-state index contributed by atoms with van der Waals surface area (Å²) in [4.78, 5) is 4.15. The zero-order chi connectivity index (χ0) is 10.1. The molecule has 0 unspecified atom stereocenters. The molecule has 0 atom stereocenters. The molecule has 4 nitrogen and oxygen atoms in total. The number of hydrogen-bond acceptors (Lipinski definition) is 3. The van der Waals surface area contributed by atoms with Gasteiger partial charge < -0.3 is 5.73 Å². The van der Waals surface area contributed by atoms with Gasteiger partial charge in [0, 0.05) is 12.6 Å². The van der Waals surface area contributed by atoms with E-state index < -0.39 is 0 Å². The molecular weight excluding hydrogens is 176 g/mol. The quantitative estimate of drug-likeness (QED) is 0.735. The Morgan fingerprint density at radius 3 is 2.71 bits per heavy atom. The van der Waals surface area contributed by atoms with Crippen LogP contribution in [0.1, 0.15) is 5.56 Å². The van der Waals surface area contributed by atoms with Crippen molar-refractivity contribution in [3.63, 3.8) is 0 Å². The summed E-state index contributed by atoms with van der Waals surface area (Å²) in [5, 5.41) is 4.00. The molecule has 0 radical (unpaired) electrons. The van der Waals surface area contributed by atoms with E-state index in [1.807, 2.05) is 32.2 Å². The van der Waals surface area contributed by atoms with E-state index >= 15 is 0 Å². The van der Waals surface area contributed by atoms with Crippen molar-refractivity contribution in [2.45, 2.75) is 6.92 Å². The minimum absolute atomic E-state index is 0.309. The molecule has 72 valence electrons. The minimum Gasteiger partial charge on any atom is -0.366 e. The van der Waals surface area contributed by atoms with Crippen LogP contribution >= 0.6 is 0 Å². The fraction of sp³-hybridized carbons (Fsp3) is 0.200. The van der Waals surface area contributed by atoms with Crippen LogP contribution in [0.25, 0.3) is 11.4 Å². The van der Waals surface area contributed by atoms with Crippen LogP contribution in [0, 0.1) is 6.92 Å². The van der Waals surface area contributed by atoms with Gasteiger partial charge in [0.15, 0.2) is 5.82 Å². The van der Waals surface area contributed by atoms with Crippen LogP contribution in [0.15, 0.2) is 24.3 Å². The smallest absolute Gasteiger partial charge is 0.240 e. The molecule has 0 saturated carbocycles. The molecule has 2 aromatic rings. The fourth-order valence-corrected chi connectivity index (χ4v) is 1.44. The summed E-state index contributed by atoms with van der Waals surface area (Å²) < 4.78 is 1.68. The number of anilines is 1. The maximum atomic E-state index is 5.51. The summed E-state index contributed by atoms with van der Waals surface area (Å²) in [6, 6.07) is 8.10. The van der Waals surface area contributed by atoms with Crippen LogP contribution < -0.4 is 5.73 Å². The lowest BCUT2D eigenvalue weighted by atomic mass is 10.1. The Bertz CT molecular complexity index is 459. The molecule has 2 rings (SSSR count). The van der Waals surface area contributed by atoms with Gasteiger partial charge in [0.05, 0.1) is 0 Å². The maximum absolute atomic E-state index is 5.51. The Balaban J connectivity index is 2.54. The highest BCUT2D eigenvalue weighted by Crippen LogP contribution is 2.17. The van der Waals surface area contributed by atoms with E-state index in [-0.39, 0.29) is 0 Å². The first-order valence-corrected chi connectivity index (χ1v) is 4.40. The lowest BCUT2D eigenvalue weighted by Gasteiger charge is -2.00. The average molecular weight is 188 g/mol. The Labute approximate surface area is 82.4 Å². The van der Waals surface area contributed by atoms with Gasteiger partial charge in [-0.25, -0.2) is 4.68 Å². The summed E-state index contributed by atoms with van der Waals surface area (Å²) in [6.45, 7) is 2.04. The molecule has 14 heavy (non-hydrogen) atoms. The molecule has 0 aliphatic carbocycles. The first kappa shape index (κ1) is 8.74. The molecule has 0 aliphatic heterocycles. The summed E-state index contributed by atoms with van der Waals surface area (Å²) in [5.74, 6) is 1.11. The number of benzene rings is 1. The van der Waals surface area contributed by atoms with Crippen LogP contribution in [0.3, 0.4) is 0 Å². The number of nitrogens with two attached hydrogens (primary N) is 1. The summed E-state index contributed by atoms with van der Waals surface area (Å²) >= 11 is 0. The molecule has 0 bridgehead atoms. The fourth-order valence-electron chi connectivity index (χ4n) is 1.44. The summed E-state index contributed by atoms with van der Waals surface area (Å²) in [6.07, 6.45) is 0. The zero-order valence-corrected chi connectivity index (χ0v) is 8.23. The molecular formula is C10H12N4. The topological polar surface area (TPSA) is 56.7 Å². The van der Waals surface area contributed by atoms with E-state index in [1.165, 1.54) is 5.56 Å². The molecule has 0 fully saturated rings. The third-order valence-electron chi connectivity index (χ3n) is 2.06. The number of rotatable bonds is 1. The van der Waals surface area contributed by atoms with Gasteiger partial charge in [-0.15, -0.1) is 5.10 Å². The molecule has 0 aliphatic rings. The van der Waals surface area contributed by atoms with Gasteiger partial charge in [0.2, 0.25) is 5.95 Å². The Morgan fingerprint density at radius 1 is 1.36 bits per heavy atom. The number of aromatic nitrogens is 3. The van der Waals surface area contributed by atoms with Gasteiger partial charge in [0.25, 0.3) is 0 Å². The third-order valence-corrected chi connectivity index (χ3v) is 2.06. The molecule has 0 saturated heterocycles. The molecule has 0 spiro atoms. The first-order chi connectivity index (χ1) is 6.66. The van der Waals surface area contributed by atoms with Gasteiger partial charge >= 0.3 is 0 Å². The minimum atomic E-state index is 0.309. The van der Waals surface area contributed by atoms with E-state index in [2.05, 4.69) is 16.1 Å². The lowest BCUT2D eigenvalue weighted by Crippen LogP contribution is -1.94. The summed E-state index contributed by atoms with van der Waals surface area (Å²) in [7, 11) is 1.83. The predicted molar refractivity (Wildman–Crippen MR) is 55.6 cm³/mol. The van der Waals surface area contributed by atoms with Crippen LogP contribution in [-0.4, -0.2) is 14.8 Å². The van der Waals surface area contributed by atoms with Gasteiger partial charge in [-0.05, 0) is 13.0 Å². The van der Waals surface area contributed by atoms with Crippen molar-refractivity contribution < 1.29 is 0 Å². The zero-order valence-electron chi connectivity index (χ0n) is 8.23. The monoisotopic (exact) mass is 188 g/mol. The maximum Gasteiger partial charge on any atom is 0.240 e. The number of nitrogen functional groups attached to an aromatic ring is 1. The van der Waals surface area contributed by atoms with Crippen LogP contribution in [0.5, 0.6) is 0 Å². The van der Waals surface area contributed by atoms with Gasteiger partial charge in [0.1, 0.15) is 0 Å². The van der Waals surface area contributed by atoms with E-state index in [0.717, 1.165) is 11.4 Å². The van der Waals surface area contributed by atoms with Gasteiger partial charge in [-0.3, -0.25) is 0 Å². The van der Waals surface area contributed by atoms with Crippen molar-refractivity contribution >= 4 is 5.95 Å². The normalized spacial score (nSPS) is 10.4. The van der Waals surface area contributed by atoms with Gasteiger partial charge in [-0.1, -0.05) is 23.8 Å². The first-order valence-electron chi connectivity index (χ1n) is 4.40. The SMILES string of the molecule is Cc1cccc(-c2nc(N)nn2C)c1. The van der Waals surface area contributed by atoms with Crippen molar-refractivity contribution in [1.29, 1.82) is 0 Å². The number of aryl methyl sites for hydroxylation is 2. The number of nitrogens with zero attached hydrogens (tertiary/aromatic N) is 3. The van der Waals surface area contributed by atoms with Crippen molar-refractivity contribution in [3.05, 3.63) is 29.8 Å². The molecule has 1 heterocycles. The Morgan fingerprint density at radius 2 is 2.14 bits per heavy atom. The summed E-state index contributed by atoms with van der Waals surface area (Å²) in [5.41, 5.74) is 7.75. The second kappa shape index (κ2) is 3.14. The molecule has 1 aromatic heterocycles. The van der Waals surface area contributed by atoms with E-state index in [0.29, 0.717) is 5.95 Å². The van der Waals surface area contributed by atoms with Crippen LogP contribution in [0.2, 0.25) is 0 Å². The lowest BCUT2D eigenvalue weighted by molar-refractivity contribution is 0.778. The van der Waals surface area contributed by atoms with Crippen molar-refractivity contribution in [1.82, 2.24) is 14.8 Å². The second-order valence-corrected chi connectivity index (χ2v) is 3.29. The Kier molecular flexibility index (Phi) is 1.96. The van der Waals surface area contributed by atoms with E-state index in [1.54, 1.807) is 4.68 Å². The van der Waals surface area contributed by atoms with Crippen LogP contribution in [0.4, 0.5) is 5.95 Å². The molecule has 2 N–H and O–H groups in total.